The van der Waals surface area contributed by atoms with Crippen molar-refractivity contribution in [2.24, 2.45) is 4.99 Å². The summed E-state index contributed by atoms with van der Waals surface area (Å²) in [6.07, 6.45) is 0.410. The van der Waals surface area contributed by atoms with E-state index in [1.54, 1.807) is 13.8 Å². The molecule has 112 valence electrons. The molecule has 0 aliphatic rings. The van der Waals surface area contributed by atoms with Gasteiger partial charge in [0.05, 0.1) is 18.9 Å². The molecule has 0 radical (unpaired) electrons. The lowest BCUT2D eigenvalue weighted by Gasteiger charge is -2.16. The molecule has 0 aliphatic heterocycles. The van der Waals surface area contributed by atoms with Gasteiger partial charge in [-0.1, -0.05) is 12.1 Å². The van der Waals surface area contributed by atoms with Crippen LogP contribution in [0.15, 0.2) is 29.3 Å². The SMILES string of the molecule is C=Nc1ccc(CC([PH](=O)OCC)[PH](=O)OCC)cc1. The predicted octanol–water partition coefficient (Wildman–Crippen LogP) is 3.91. The molecule has 0 saturated carbocycles. The van der Waals surface area contributed by atoms with E-state index in [1.165, 1.54) is 0 Å². The van der Waals surface area contributed by atoms with Gasteiger partial charge >= 0.3 is 0 Å². The Hall–Kier alpha value is -0.730. The zero-order valence-corrected chi connectivity index (χ0v) is 13.8. The average molecular weight is 317 g/mol. The van der Waals surface area contributed by atoms with E-state index in [2.05, 4.69) is 11.7 Å². The molecule has 0 saturated heterocycles. The van der Waals surface area contributed by atoms with Gasteiger partial charge < -0.3 is 9.05 Å². The van der Waals surface area contributed by atoms with Gasteiger partial charge in [0.2, 0.25) is 16.1 Å². The number of rotatable bonds is 9. The standard InChI is InChI=1S/C13H21NO4P2/c1-4-17-19(15)13(20(16)18-5-2)10-11-6-8-12(14-3)9-7-11/h6-9,13,19-20H,3-5,10H2,1-2H3. The van der Waals surface area contributed by atoms with Crippen molar-refractivity contribution in [2.45, 2.75) is 25.7 Å². The first-order valence-corrected chi connectivity index (χ1v) is 9.30. The minimum Gasteiger partial charge on any atom is -0.330 e. The molecule has 2 unspecified atom stereocenters. The van der Waals surface area contributed by atoms with Crippen LogP contribution in [0.3, 0.4) is 0 Å². The highest BCUT2D eigenvalue weighted by Gasteiger charge is 2.24. The smallest absolute Gasteiger partial charge is 0.204 e. The van der Waals surface area contributed by atoms with Crippen molar-refractivity contribution in [1.29, 1.82) is 0 Å². The number of benzene rings is 1. The molecule has 0 bridgehead atoms. The van der Waals surface area contributed by atoms with Gasteiger partial charge in [-0.2, -0.15) is 0 Å². The summed E-state index contributed by atoms with van der Waals surface area (Å²) in [4.78, 5) is 3.81. The van der Waals surface area contributed by atoms with E-state index >= 15 is 0 Å². The summed E-state index contributed by atoms with van der Waals surface area (Å²) in [5.41, 5.74) is 1.69. The summed E-state index contributed by atoms with van der Waals surface area (Å²) < 4.78 is 34.4. The predicted molar refractivity (Wildman–Crippen MR) is 84.4 cm³/mol. The van der Waals surface area contributed by atoms with Crippen LogP contribution in [0, 0.1) is 0 Å². The number of hydrogen-bond acceptors (Lipinski definition) is 5. The summed E-state index contributed by atoms with van der Waals surface area (Å²) in [6, 6.07) is 7.35. The molecule has 0 heterocycles. The van der Waals surface area contributed by atoms with Crippen LogP contribution in [0.25, 0.3) is 0 Å². The topological polar surface area (TPSA) is 65.0 Å². The third-order valence-corrected chi connectivity index (χ3v) is 6.81. The second-order valence-corrected chi connectivity index (χ2v) is 7.91. The Kier molecular flexibility index (Phi) is 8.01. The van der Waals surface area contributed by atoms with E-state index < -0.39 is 21.5 Å². The Bertz CT molecular complexity index is 458. The number of nitrogens with zero attached hydrogens (tertiary/aromatic N) is 1. The number of aliphatic imine (C=N–C) groups is 1. The second-order valence-electron chi connectivity index (χ2n) is 4.09. The zero-order valence-electron chi connectivity index (χ0n) is 11.8. The highest BCUT2D eigenvalue weighted by Crippen LogP contribution is 2.47. The summed E-state index contributed by atoms with van der Waals surface area (Å²) in [5.74, 6) is 0. The molecule has 1 rings (SSSR count). The van der Waals surface area contributed by atoms with Crippen molar-refractivity contribution < 1.29 is 18.2 Å². The third kappa shape index (κ3) is 5.34. The van der Waals surface area contributed by atoms with Gasteiger partial charge in [0.25, 0.3) is 0 Å². The van der Waals surface area contributed by atoms with Gasteiger partial charge in [0.15, 0.2) is 0 Å². The van der Waals surface area contributed by atoms with E-state index in [4.69, 9.17) is 9.05 Å². The largest absolute Gasteiger partial charge is 0.330 e. The summed E-state index contributed by atoms with van der Waals surface area (Å²) in [6.45, 7) is 7.66. The lowest BCUT2D eigenvalue weighted by atomic mass is 10.1. The lowest BCUT2D eigenvalue weighted by Crippen LogP contribution is -2.05. The Morgan fingerprint density at radius 1 is 1.10 bits per heavy atom. The van der Waals surface area contributed by atoms with Gasteiger partial charge in [-0.05, 0) is 44.7 Å². The van der Waals surface area contributed by atoms with Crippen LogP contribution < -0.4 is 0 Å². The van der Waals surface area contributed by atoms with E-state index in [0.29, 0.717) is 19.6 Å². The van der Waals surface area contributed by atoms with Crippen LogP contribution >= 0.6 is 16.1 Å². The summed E-state index contributed by atoms with van der Waals surface area (Å²) >= 11 is 0. The molecule has 20 heavy (non-hydrogen) atoms. The van der Waals surface area contributed by atoms with Crippen molar-refractivity contribution >= 4 is 28.5 Å². The van der Waals surface area contributed by atoms with Gasteiger partial charge in [-0.3, -0.25) is 14.1 Å². The molecular weight excluding hydrogens is 296 g/mol. The van der Waals surface area contributed by atoms with Crippen molar-refractivity contribution in [2.75, 3.05) is 13.2 Å². The van der Waals surface area contributed by atoms with E-state index in [9.17, 15) is 9.13 Å². The Balaban J connectivity index is 2.84. The maximum atomic E-state index is 12.1. The highest BCUT2D eigenvalue weighted by atomic mass is 31.2. The molecule has 5 nitrogen and oxygen atoms in total. The molecule has 0 N–H and O–H groups in total. The van der Waals surface area contributed by atoms with Crippen molar-refractivity contribution in [3.8, 4) is 0 Å². The first-order valence-electron chi connectivity index (χ1n) is 6.51. The Labute approximate surface area is 121 Å². The van der Waals surface area contributed by atoms with E-state index in [0.717, 1.165) is 11.3 Å². The molecule has 0 fully saturated rings. The van der Waals surface area contributed by atoms with Crippen LogP contribution in [0.2, 0.25) is 0 Å². The molecule has 7 heteroatoms. The van der Waals surface area contributed by atoms with Crippen molar-refractivity contribution in [1.82, 2.24) is 0 Å². The van der Waals surface area contributed by atoms with Gasteiger partial charge in [0, 0.05) is 0 Å². The Morgan fingerprint density at radius 3 is 2.00 bits per heavy atom. The Morgan fingerprint density at radius 2 is 1.60 bits per heavy atom. The highest BCUT2D eigenvalue weighted by molar-refractivity contribution is 7.58. The monoisotopic (exact) mass is 317 g/mol. The van der Waals surface area contributed by atoms with Crippen LogP contribution in [0.4, 0.5) is 5.69 Å². The minimum absolute atomic E-state index is 0.342. The molecule has 2 atom stereocenters. The fraction of sp³-hybridized carbons (Fsp3) is 0.462. The quantitative estimate of drug-likeness (QED) is 0.511. The van der Waals surface area contributed by atoms with Gasteiger partial charge in [0.1, 0.15) is 5.40 Å². The van der Waals surface area contributed by atoms with Crippen LogP contribution in [-0.4, -0.2) is 25.3 Å². The van der Waals surface area contributed by atoms with Crippen molar-refractivity contribution in [3.05, 3.63) is 29.8 Å². The zero-order chi connectivity index (χ0) is 15.0. The lowest BCUT2D eigenvalue weighted by molar-refractivity contribution is 0.333. The normalized spacial score (nSPS) is 15.5. The van der Waals surface area contributed by atoms with Crippen LogP contribution in [-0.2, 0) is 24.6 Å². The second kappa shape index (κ2) is 9.25. The fourth-order valence-corrected chi connectivity index (χ4v) is 4.77. The van der Waals surface area contributed by atoms with E-state index in [1.807, 2.05) is 24.3 Å². The molecule has 1 aromatic rings. The first kappa shape index (κ1) is 17.3. The van der Waals surface area contributed by atoms with Gasteiger partial charge in [-0.15, -0.1) is 0 Å². The molecule has 0 spiro atoms. The number of hydrogen-bond donors (Lipinski definition) is 0. The molecule has 0 aromatic heterocycles. The minimum atomic E-state index is -2.39. The summed E-state index contributed by atoms with van der Waals surface area (Å²) in [5, 5.41) is -0.563. The first-order chi connectivity index (χ1) is 9.62. The molecule has 1 aromatic carbocycles. The molecule has 0 aliphatic carbocycles. The maximum absolute atomic E-state index is 12.1. The fourth-order valence-electron chi connectivity index (χ4n) is 1.72. The molecular formula is C13H21NO4P2. The maximum Gasteiger partial charge on any atom is 0.204 e. The van der Waals surface area contributed by atoms with Crippen molar-refractivity contribution in [3.63, 3.8) is 0 Å². The van der Waals surface area contributed by atoms with Crippen LogP contribution in [0.5, 0.6) is 0 Å². The van der Waals surface area contributed by atoms with E-state index in [-0.39, 0.29) is 0 Å². The summed E-state index contributed by atoms with van der Waals surface area (Å²) in [7, 11) is -4.78. The van der Waals surface area contributed by atoms with Crippen LogP contribution in [0.1, 0.15) is 19.4 Å². The van der Waals surface area contributed by atoms with Gasteiger partial charge in [-0.25, -0.2) is 0 Å². The molecule has 0 amide bonds. The third-order valence-electron chi connectivity index (χ3n) is 2.70. The average Bonchev–Trinajstić information content (AvgIpc) is 2.45.